The Labute approximate surface area is 117 Å². The highest BCUT2D eigenvalue weighted by atomic mass is 16.6. The molecule has 1 N–H and O–H groups in total. The summed E-state index contributed by atoms with van der Waals surface area (Å²) in [6.45, 7) is 3.55. The lowest BCUT2D eigenvalue weighted by atomic mass is 10.1. The van der Waals surface area contributed by atoms with Crippen molar-refractivity contribution in [3.05, 3.63) is 40.2 Å². The number of nitro groups is 1. The van der Waals surface area contributed by atoms with E-state index in [0.29, 0.717) is 5.39 Å². The molecule has 6 nitrogen and oxygen atoms in total. The monoisotopic (exact) mass is 274 g/mol. The summed E-state index contributed by atoms with van der Waals surface area (Å²) in [6, 6.07) is 5.16. The lowest BCUT2D eigenvalue weighted by molar-refractivity contribution is -0.383. The molecule has 1 aromatic heterocycles. The fourth-order valence-corrected chi connectivity index (χ4v) is 2.06. The zero-order chi connectivity index (χ0) is 14.7. The molecule has 0 aliphatic carbocycles. The molecular formula is C14H18N4O2. The molecule has 0 aliphatic rings. The van der Waals surface area contributed by atoms with Crippen molar-refractivity contribution in [2.75, 3.05) is 32.5 Å². The summed E-state index contributed by atoms with van der Waals surface area (Å²) >= 11 is 0. The molecule has 1 aromatic carbocycles. The standard InChI is InChI=1S/C14H18N4O2/c1-10-8-11-12(9-16-10)14(18(19)20)5-4-13(11)15-6-7-17(2)3/h4-5,8-9,15H,6-7H2,1-3H3. The maximum atomic E-state index is 11.1. The number of benzene rings is 1. The second-order valence-electron chi connectivity index (χ2n) is 4.99. The number of pyridine rings is 1. The van der Waals surface area contributed by atoms with E-state index in [-0.39, 0.29) is 10.6 Å². The third-order valence-corrected chi connectivity index (χ3v) is 3.09. The summed E-state index contributed by atoms with van der Waals surface area (Å²) in [5, 5.41) is 15.8. The summed E-state index contributed by atoms with van der Waals surface area (Å²) in [4.78, 5) is 16.9. The number of nitrogens with one attached hydrogen (secondary N) is 1. The van der Waals surface area contributed by atoms with Crippen LogP contribution in [0.2, 0.25) is 0 Å². The number of likely N-dealkylation sites (N-methyl/N-ethyl adjacent to an activating group) is 1. The van der Waals surface area contributed by atoms with Crippen LogP contribution in [-0.4, -0.2) is 42.0 Å². The number of nitrogens with zero attached hydrogens (tertiary/aromatic N) is 3. The van der Waals surface area contributed by atoms with E-state index >= 15 is 0 Å². The SMILES string of the molecule is Cc1cc2c(NCCN(C)C)ccc([N+](=O)[O-])c2cn1. The first-order chi connectivity index (χ1) is 9.49. The number of hydrogen-bond acceptors (Lipinski definition) is 5. The summed E-state index contributed by atoms with van der Waals surface area (Å²) < 4.78 is 0. The van der Waals surface area contributed by atoms with Gasteiger partial charge in [0.25, 0.3) is 5.69 Å². The molecule has 0 unspecified atom stereocenters. The number of rotatable bonds is 5. The van der Waals surface area contributed by atoms with E-state index in [2.05, 4.69) is 15.2 Å². The Balaban J connectivity index is 2.42. The van der Waals surface area contributed by atoms with Gasteiger partial charge in [0.15, 0.2) is 0 Å². The molecule has 1 heterocycles. The maximum absolute atomic E-state index is 11.1. The summed E-state index contributed by atoms with van der Waals surface area (Å²) in [6.07, 6.45) is 1.57. The fourth-order valence-electron chi connectivity index (χ4n) is 2.06. The van der Waals surface area contributed by atoms with Crippen molar-refractivity contribution in [1.82, 2.24) is 9.88 Å². The van der Waals surface area contributed by atoms with Crippen molar-refractivity contribution in [1.29, 1.82) is 0 Å². The molecule has 0 amide bonds. The zero-order valence-corrected chi connectivity index (χ0v) is 11.9. The second-order valence-corrected chi connectivity index (χ2v) is 4.99. The molecule has 2 rings (SSSR count). The van der Waals surface area contributed by atoms with E-state index in [9.17, 15) is 10.1 Å². The molecule has 0 bridgehead atoms. The lowest BCUT2D eigenvalue weighted by Crippen LogP contribution is -2.20. The molecular weight excluding hydrogens is 256 g/mol. The van der Waals surface area contributed by atoms with Crippen LogP contribution in [0.3, 0.4) is 0 Å². The average molecular weight is 274 g/mol. The highest BCUT2D eigenvalue weighted by molar-refractivity contribution is 5.99. The molecule has 6 heteroatoms. The van der Waals surface area contributed by atoms with Crippen molar-refractivity contribution < 1.29 is 4.92 Å². The molecule has 106 valence electrons. The number of fused-ring (bicyclic) bond motifs is 1. The molecule has 0 atom stereocenters. The predicted molar refractivity (Wildman–Crippen MR) is 80.2 cm³/mol. The first-order valence-electron chi connectivity index (χ1n) is 6.41. The van der Waals surface area contributed by atoms with Gasteiger partial charge < -0.3 is 10.2 Å². The van der Waals surface area contributed by atoms with Gasteiger partial charge in [0.2, 0.25) is 0 Å². The van der Waals surface area contributed by atoms with Gasteiger partial charge in [0.1, 0.15) is 0 Å². The van der Waals surface area contributed by atoms with Crippen LogP contribution in [0.15, 0.2) is 24.4 Å². The topological polar surface area (TPSA) is 71.3 Å². The van der Waals surface area contributed by atoms with Crippen LogP contribution in [0.1, 0.15) is 5.69 Å². The van der Waals surface area contributed by atoms with Gasteiger partial charge in [0.05, 0.1) is 10.3 Å². The van der Waals surface area contributed by atoms with Gasteiger partial charge in [0, 0.05) is 42.1 Å². The van der Waals surface area contributed by atoms with E-state index in [1.54, 1.807) is 12.3 Å². The van der Waals surface area contributed by atoms with Gasteiger partial charge in [-0.05, 0) is 33.2 Å². The molecule has 0 saturated carbocycles. The van der Waals surface area contributed by atoms with Gasteiger partial charge in [-0.2, -0.15) is 0 Å². The van der Waals surface area contributed by atoms with E-state index in [1.807, 2.05) is 27.1 Å². The first-order valence-corrected chi connectivity index (χ1v) is 6.41. The average Bonchev–Trinajstić information content (AvgIpc) is 2.38. The third-order valence-electron chi connectivity index (χ3n) is 3.09. The van der Waals surface area contributed by atoms with Crippen molar-refractivity contribution in [3.8, 4) is 0 Å². The number of aromatic nitrogens is 1. The Morgan fingerprint density at radius 3 is 2.75 bits per heavy atom. The highest BCUT2D eigenvalue weighted by Gasteiger charge is 2.14. The maximum Gasteiger partial charge on any atom is 0.278 e. The van der Waals surface area contributed by atoms with Crippen LogP contribution >= 0.6 is 0 Å². The Morgan fingerprint density at radius 1 is 1.35 bits per heavy atom. The fraction of sp³-hybridized carbons (Fsp3) is 0.357. The summed E-state index contributed by atoms with van der Waals surface area (Å²) in [5.74, 6) is 0. The van der Waals surface area contributed by atoms with Crippen LogP contribution in [-0.2, 0) is 0 Å². The summed E-state index contributed by atoms with van der Waals surface area (Å²) in [7, 11) is 4.01. The highest BCUT2D eigenvalue weighted by Crippen LogP contribution is 2.31. The van der Waals surface area contributed by atoms with Gasteiger partial charge in [-0.3, -0.25) is 15.1 Å². The van der Waals surface area contributed by atoms with Crippen LogP contribution in [0.5, 0.6) is 0 Å². The molecule has 0 saturated heterocycles. The molecule has 0 spiro atoms. The number of non-ortho nitro benzene ring substituents is 1. The zero-order valence-electron chi connectivity index (χ0n) is 11.9. The van der Waals surface area contributed by atoms with E-state index in [0.717, 1.165) is 29.9 Å². The van der Waals surface area contributed by atoms with Crippen molar-refractivity contribution in [3.63, 3.8) is 0 Å². The minimum absolute atomic E-state index is 0.0886. The number of aryl methyl sites for hydroxylation is 1. The lowest BCUT2D eigenvalue weighted by Gasteiger charge is -2.13. The molecule has 2 aromatic rings. The number of nitro benzene ring substituents is 1. The smallest absolute Gasteiger partial charge is 0.278 e. The van der Waals surface area contributed by atoms with Gasteiger partial charge in [-0.25, -0.2) is 0 Å². The normalized spacial score (nSPS) is 11.0. The Morgan fingerprint density at radius 2 is 2.10 bits per heavy atom. The van der Waals surface area contributed by atoms with E-state index in [4.69, 9.17) is 0 Å². The van der Waals surface area contributed by atoms with E-state index in [1.165, 1.54) is 6.07 Å². The van der Waals surface area contributed by atoms with Gasteiger partial charge in [-0.1, -0.05) is 0 Å². The van der Waals surface area contributed by atoms with Crippen LogP contribution in [0, 0.1) is 17.0 Å². The quantitative estimate of drug-likeness (QED) is 0.669. The molecule has 0 aliphatic heterocycles. The molecule has 0 radical (unpaired) electrons. The first kappa shape index (κ1) is 14.2. The van der Waals surface area contributed by atoms with Gasteiger partial charge >= 0.3 is 0 Å². The number of hydrogen-bond donors (Lipinski definition) is 1. The third kappa shape index (κ3) is 3.03. The van der Waals surface area contributed by atoms with Crippen LogP contribution < -0.4 is 5.32 Å². The second kappa shape index (κ2) is 5.83. The largest absolute Gasteiger partial charge is 0.383 e. The Hall–Kier alpha value is -2.21. The van der Waals surface area contributed by atoms with Crippen molar-refractivity contribution in [2.45, 2.75) is 6.92 Å². The minimum Gasteiger partial charge on any atom is -0.383 e. The molecule has 0 fully saturated rings. The minimum atomic E-state index is -0.372. The van der Waals surface area contributed by atoms with Crippen molar-refractivity contribution in [2.24, 2.45) is 0 Å². The van der Waals surface area contributed by atoms with Gasteiger partial charge in [-0.15, -0.1) is 0 Å². The van der Waals surface area contributed by atoms with Crippen LogP contribution in [0.25, 0.3) is 10.8 Å². The van der Waals surface area contributed by atoms with Crippen LogP contribution in [0.4, 0.5) is 11.4 Å². The summed E-state index contributed by atoms with van der Waals surface area (Å²) in [5.41, 5.74) is 1.83. The Kier molecular flexibility index (Phi) is 4.14. The Bertz CT molecular complexity index is 640. The number of anilines is 1. The van der Waals surface area contributed by atoms with E-state index < -0.39 is 0 Å². The predicted octanol–water partition coefficient (Wildman–Crippen LogP) is 2.42. The molecule has 20 heavy (non-hydrogen) atoms. The van der Waals surface area contributed by atoms with Crippen molar-refractivity contribution >= 4 is 22.1 Å².